The summed E-state index contributed by atoms with van der Waals surface area (Å²) in [4.78, 5) is 4.27. The molecule has 4 heteroatoms. The molecule has 0 radical (unpaired) electrons. The molecule has 2 heterocycles. The van der Waals surface area contributed by atoms with Gasteiger partial charge in [-0.15, -0.1) is 0 Å². The summed E-state index contributed by atoms with van der Waals surface area (Å²) >= 11 is 0. The van der Waals surface area contributed by atoms with E-state index in [4.69, 9.17) is 0 Å². The molecule has 0 bridgehead atoms. The highest BCUT2D eigenvalue weighted by Crippen LogP contribution is 2.18. The number of nitrogens with zero attached hydrogens (tertiary/aromatic N) is 3. The van der Waals surface area contributed by atoms with Crippen LogP contribution in [0.4, 0.5) is 0 Å². The Morgan fingerprint density at radius 1 is 1.29 bits per heavy atom. The van der Waals surface area contributed by atoms with Gasteiger partial charge in [0.15, 0.2) is 0 Å². The average molecular weight is 190 g/mol. The van der Waals surface area contributed by atoms with Gasteiger partial charge in [-0.1, -0.05) is 6.07 Å². The summed E-state index contributed by atoms with van der Waals surface area (Å²) in [6, 6.07) is 5.88. The molecule has 0 saturated heterocycles. The summed E-state index contributed by atoms with van der Waals surface area (Å²) in [6.07, 6.45) is 3.78. The summed E-state index contributed by atoms with van der Waals surface area (Å²) in [5, 5.41) is 4.26. The van der Waals surface area contributed by atoms with E-state index in [0.717, 1.165) is 17.0 Å². The molecule has 0 fully saturated rings. The van der Waals surface area contributed by atoms with Crippen LogP contribution in [0.1, 0.15) is 5.69 Å². The molecule has 0 saturated carbocycles. The van der Waals surface area contributed by atoms with Crippen molar-refractivity contribution in [2.45, 2.75) is 6.92 Å². The first-order valence-electron chi connectivity index (χ1n) is 4.19. The lowest BCUT2D eigenvalue weighted by atomic mass is 10.2. The molecule has 2 aromatic heterocycles. The third-order valence-corrected chi connectivity index (χ3v) is 1.95. The van der Waals surface area contributed by atoms with Crippen molar-refractivity contribution in [3.8, 4) is 11.3 Å². The van der Waals surface area contributed by atoms with Crippen LogP contribution in [-0.2, 0) is 7.05 Å². The maximum absolute atomic E-state index is 4.27. The third kappa shape index (κ3) is 1.80. The van der Waals surface area contributed by atoms with Crippen molar-refractivity contribution in [3.63, 3.8) is 0 Å². The summed E-state index contributed by atoms with van der Waals surface area (Å²) in [7, 11) is 1.92. The normalized spacial score (nSPS) is 9.57. The lowest BCUT2D eigenvalue weighted by molar-refractivity contribution is 0.756. The Kier molecular flexibility index (Phi) is 2.99. The topological polar surface area (TPSA) is 65.7 Å². The van der Waals surface area contributed by atoms with E-state index in [0.29, 0.717) is 0 Å². The predicted octanol–water partition coefficient (Wildman–Crippen LogP) is 1.95. The Balaban J connectivity index is 0.000000980. The van der Waals surface area contributed by atoms with Crippen molar-refractivity contribution in [1.29, 1.82) is 0 Å². The van der Waals surface area contributed by atoms with Crippen LogP contribution in [0.5, 0.6) is 0 Å². The zero-order valence-corrected chi connectivity index (χ0v) is 8.44. The largest absolute Gasteiger partial charge is 0.344 e. The van der Waals surface area contributed by atoms with Crippen molar-refractivity contribution in [1.82, 2.24) is 20.9 Å². The highest BCUT2D eigenvalue weighted by atomic mass is 15.2. The molecule has 0 atom stereocenters. The summed E-state index contributed by atoms with van der Waals surface area (Å²) in [5.74, 6) is 0. The minimum absolute atomic E-state index is 0. The molecule has 74 valence electrons. The van der Waals surface area contributed by atoms with E-state index in [1.165, 1.54) is 0 Å². The van der Waals surface area contributed by atoms with Gasteiger partial charge < -0.3 is 6.15 Å². The monoisotopic (exact) mass is 190 g/mol. The zero-order chi connectivity index (χ0) is 9.26. The number of pyridine rings is 1. The number of rotatable bonds is 1. The van der Waals surface area contributed by atoms with Gasteiger partial charge in [0.2, 0.25) is 0 Å². The van der Waals surface area contributed by atoms with Gasteiger partial charge in [-0.3, -0.25) is 9.67 Å². The molecular weight excluding hydrogens is 176 g/mol. The van der Waals surface area contributed by atoms with Crippen LogP contribution in [0, 0.1) is 6.92 Å². The molecule has 2 rings (SSSR count). The van der Waals surface area contributed by atoms with Crippen LogP contribution in [0.25, 0.3) is 11.3 Å². The maximum Gasteiger partial charge on any atom is 0.0736 e. The van der Waals surface area contributed by atoms with E-state index in [-0.39, 0.29) is 6.15 Å². The first kappa shape index (κ1) is 10.4. The summed E-state index contributed by atoms with van der Waals surface area (Å²) < 4.78 is 1.80. The number of aromatic nitrogens is 3. The summed E-state index contributed by atoms with van der Waals surface area (Å²) in [6.45, 7) is 1.99. The van der Waals surface area contributed by atoms with E-state index >= 15 is 0 Å². The number of hydrogen-bond acceptors (Lipinski definition) is 3. The van der Waals surface area contributed by atoms with Crippen LogP contribution in [-0.4, -0.2) is 14.8 Å². The Morgan fingerprint density at radius 2 is 2.07 bits per heavy atom. The van der Waals surface area contributed by atoms with Gasteiger partial charge in [-0.25, -0.2) is 0 Å². The fourth-order valence-electron chi connectivity index (χ4n) is 1.37. The van der Waals surface area contributed by atoms with Gasteiger partial charge >= 0.3 is 0 Å². The zero-order valence-electron chi connectivity index (χ0n) is 8.44. The third-order valence-electron chi connectivity index (χ3n) is 1.95. The SMILES string of the molecule is Cc1nn(C)cc1-c1ccccn1.N. The van der Waals surface area contributed by atoms with Crippen molar-refractivity contribution >= 4 is 0 Å². The molecule has 0 amide bonds. The van der Waals surface area contributed by atoms with E-state index < -0.39 is 0 Å². The van der Waals surface area contributed by atoms with Crippen molar-refractivity contribution < 1.29 is 0 Å². The minimum atomic E-state index is 0. The highest BCUT2D eigenvalue weighted by Gasteiger charge is 2.05. The first-order chi connectivity index (χ1) is 6.27. The average Bonchev–Trinajstić information content (AvgIpc) is 2.47. The Labute approximate surface area is 83.2 Å². The fourth-order valence-corrected chi connectivity index (χ4v) is 1.37. The van der Waals surface area contributed by atoms with Crippen LogP contribution in [0.2, 0.25) is 0 Å². The molecule has 0 aliphatic carbocycles. The molecular formula is C10H14N4. The van der Waals surface area contributed by atoms with Crippen molar-refractivity contribution in [2.75, 3.05) is 0 Å². The quantitative estimate of drug-likeness (QED) is 0.747. The fraction of sp³-hybridized carbons (Fsp3) is 0.200. The summed E-state index contributed by atoms with van der Waals surface area (Å²) in [5.41, 5.74) is 3.09. The Morgan fingerprint density at radius 3 is 2.57 bits per heavy atom. The van der Waals surface area contributed by atoms with Crippen LogP contribution < -0.4 is 6.15 Å². The van der Waals surface area contributed by atoms with Crippen LogP contribution in [0.3, 0.4) is 0 Å². The lowest BCUT2D eigenvalue weighted by Crippen LogP contribution is -1.86. The van der Waals surface area contributed by atoms with Crippen LogP contribution in [0.15, 0.2) is 30.6 Å². The molecule has 14 heavy (non-hydrogen) atoms. The second-order valence-electron chi connectivity index (χ2n) is 3.02. The molecule has 4 nitrogen and oxygen atoms in total. The van der Waals surface area contributed by atoms with E-state index in [1.807, 2.05) is 38.4 Å². The van der Waals surface area contributed by atoms with Crippen LogP contribution >= 0.6 is 0 Å². The van der Waals surface area contributed by atoms with Gasteiger partial charge in [0.25, 0.3) is 0 Å². The lowest BCUT2D eigenvalue weighted by Gasteiger charge is -1.95. The van der Waals surface area contributed by atoms with Gasteiger partial charge in [-0.05, 0) is 19.1 Å². The molecule has 3 N–H and O–H groups in total. The molecule has 0 spiro atoms. The highest BCUT2D eigenvalue weighted by molar-refractivity contribution is 5.60. The standard InChI is InChI=1S/C10H11N3.H3N/c1-8-9(7-13(2)12-8)10-5-3-4-6-11-10;/h3-7H,1-2H3;1H3. The molecule has 0 unspecified atom stereocenters. The maximum atomic E-state index is 4.27. The smallest absolute Gasteiger partial charge is 0.0736 e. The van der Waals surface area contributed by atoms with Gasteiger partial charge in [0.05, 0.1) is 11.4 Å². The Bertz CT molecular complexity index is 405. The van der Waals surface area contributed by atoms with E-state index in [1.54, 1.807) is 10.9 Å². The minimum Gasteiger partial charge on any atom is -0.344 e. The second kappa shape index (κ2) is 4.02. The first-order valence-corrected chi connectivity index (χ1v) is 4.19. The Hall–Kier alpha value is -1.68. The van der Waals surface area contributed by atoms with E-state index in [2.05, 4.69) is 10.1 Å². The van der Waals surface area contributed by atoms with Crippen molar-refractivity contribution in [2.24, 2.45) is 7.05 Å². The number of aryl methyl sites for hydroxylation is 2. The van der Waals surface area contributed by atoms with Gasteiger partial charge in [-0.2, -0.15) is 5.10 Å². The molecule has 0 aromatic carbocycles. The van der Waals surface area contributed by atoms with Crippen molar-refractivity contribution in [3.05, 3.63) is 36.3 Å². The van der Waals surface area contributed by atoms with Gasteiger partial charge in [0.1, 0.15) is 0 Å². The molecule has 2 aromatic rings. The molecule has 0 aliphatic heterocycles. The van der Waals surface area contributed by atoms with Gasteiger partial charge in [0, 0.05) is 25.0 Å². The molecule has 0 aliphatic rings. The predicted molar refractivity (Wildman–Crippen MR) is 56.2 cm³/mol. The second-order valence-corrected chi connectivity index (χ2v) is 3.02. The number of hydrogen-bond donors (Lipinski definition) is 1. The van der Waals surface area contributed by atoms with E-state index in [9.17, 15) is 0 Å².